The van der Waals surface area contributed by atoms with Crippen LogP contribution in [-0.2, 0) is 4.79 Å². The summed E-state index contributed by atoms with van der Waals surface area (Å²) in [5.41, 5.74) is 0. The lowest BCUT2D eigenvalue weighted by Crippen LogP contribution is -2.42. The topological polar surface area (TPSA) is 41.1 Å². The van der Waals surface area contributed by atoms with Crippen molar-refractivity contribution in [1.82, 2.24) is 5.32 Å². The summed E-state index contributed by atoms with van der Waals surface area (Å²) in [6, 6.07) is 3.69. The minimum absolute atomic E-state index is 0.0324. The molecule has 0 fully saturated rings. The van der Waals surface area contributed by atoms with E-state index >= 15 is 0 Å². The van der Waals surface area contributed by atoms with Crippen LogP contribution in [0.4, 0.5) is 5.00 Å². The fourth-order valence-electron chi connectivity index (χ4n) is 1.32. The number of anilines is 1. The van der Waals surface area contributed by atoms with E-state index in [0.717, 1.165) is 5.00 Å². The highest BCUT2D eigenvalue weighted by atomic mass is 32.1. The van der Waals surface area contributed by atoms with E-state index in [2.05, 4.69) is 10.6 Å². The lowest BCUT2D eigenvalue weighted by Gasteiger charge is -2.18. The Morgan fingerprint density at radius 3 is 2.64 bits per heavy atom. The van der Waals surface area contributed by atoms with Gasteiger partial charge >= 0.3 is 0 Å². The van der Waals surface area contributed by atoms with Gasteiger partial charge in [0, 0.05) is 0 Å². The lowest BCUT2D eigenvalue weighted by atomic mass is 10.0. The molecule has 4 heteroatoms. The quantitative estimate of drug-likeness (QED) is 0.800. The standard InChI is InChI=1S/C10H16N2OS/c1-7(2)9(11-3)10(13)12-8-5-4-6-14-8/h4-7,9,11H,1-3H3,(H,12,13). The zero-order valence-corrected chi connectivity index (χ0v) is 9.52. The number of rotatable bonds is 4. The van der Waals surface area contributed by atoms with E-state index in [1.54, 1.807) is 7.05 Å². The molecule has 2 N–H and O–H groups in total. The first-order valence-electron chi connectivity index (χ1n) is 4.66. The van der Waals surface area contributed by atoms with Crippen LogP contribution in [-0.4, -0.2) is 19.0 Å². The van der Waals surface area contributed by atoms with E-state index in [4.69, 9.17) is 0 Å². The second-order valence-electron chi connectivity index (χ2n) is 3.48. The molecule has 1 aromatic rings. The molecule has 0 aliphatic heterocycles. The number of thiophene rings is 1. The zero-order chi connectivity index (χ0) is 10.6. The number of nitrogens with one attached hydrogen (secondary N) is 2. The van der Waals surface area contributed by atoms with Gasteiger partial charge in [0.1, 0.15) is 0 Å². The summed E-state index contributed by atoms with van der Waals surface area (Å²) in [5.74, 6) is 0.324. The Balaban J connectivity index is 2.56. The molecule has 1 rings (SSSR count). The Labute approximate surface area is 88.5 Å². The van der Waals surface area contributed by atoms with Gasteiger partial charge in [-0.05, 0) is 30.5 Å². The molecule has 0 bridgehead atoms. The number of carbonyl (C=O) groups excluding carboxylic acids is 1. The Kier molecular flexibility index (Phi) is 4.10. The summed E-state index contributed by atoms with van der Waals surface area (Å²) in [5, 5.41) is 8.72. The highest BCUT2D eigenvalue weighted by molar-refractivity contribution is 7.14. The number of hydrogen-bond donors (Lipinski definition) is 2. The summed E-state index contributed by atoms with van der Waals surface area (Å²) >= 11 is 1.53. The molecule has 0 aliphatic carbocycles. The highest BCUT2D eigenvalue weighted by Crippen LogP contribution is 2.16. The minimum Gasteiger partial charge on any atom is -0.316 e. The van der Waals surface area contributed by atoms with E-state index in [-0.39, 0.29) is 11.9 Å². The van der Waals surface area contributed by atoms with Crippen LogP contribution in [0.5, 0.6) is 0 Å². The van der Waals surface area contributed by atoms with Crippen LogP contribution >= 0.6 is 11.3 Å². The average molecular weight is 212 g/mol. The number of amides is 1. The highest BCUT2D eigenvalue weighted by Gasteiger charge is 2.19. The Hall–Kier alpha value is -0.870. The van der Waals surface area contributed by atoms with Gasteiger partial charge in [-0.3, -0.25) is 4.79 Å². The summed E-state index contributed by atoms with van der Waals surface area (Å²) in [6.45, 7) is 4.05. The van der Waals surface area contributed by atoms with Gasteiger partial charge in [0.15, 0.2) is 0 Å². The summed E-state index contributed by atoms with van der Waals surface area (Å²) < 4.78 is 0. The lowest BCUT2D eigenvalue weighted by molar-refractivity contribution is -0.118. The van der Waals surface area contributed by atoms with Gasteiger partial charge in [0.2, 0.25) is 5.91 Å². The van der Waals surface area contributed by atoms with Gasteiger partial charge in [-0.25, -0.2) is 0 Å². The van der Waals surface area contributed by atoms with Gasteiger partial charge in [-0.1, -0.05) is 13.8 Å². The third-order valence-corrected chi connectivity index (χ3v) is 2.81. The number of hydrogen-bond acceptors (Lipinski definition) is 3. The summed E-state index contributed by atoms with van der Waals surface area (Å²) in [4.78, 5) is 11.7. The van der Waals surface area contributed by atoms with E-state index in [1.165, 1.54) is 11.3 Å². The molecular weight excluding hydrogens is 196 g/mol. The molecule has 0 aliphatic rings. The molecule has 78 valence electrons. The molecule has 1 aromatic heterocycles. The van der Waals surface area contributed by atoms with Crippen molar-refractivity contribution in [1.29, 1.82) is 0 Å². The smallest absolute Gasteiger partial charge is 0.242 e. The summed E-state index contributed by atoms with van der Waals surface area (Å²) in [6.07, 6.45) is 0. The summed E-state index contributed by atoms with van der Waals surface area (Å²) in [7, 11) is 1.80. The average Bonchev–Trinajstić information content (AvgIpc) is 2.57. The van der Waals surface area contributed by atoms with Crippen LogP contribution in [0.1, 0.15) is 13.8 Å². The molecule has 14 heavy (non-hydrogen) atoms. The van der Waals surface area contributed by atoms with E-state index < -0.39 is 0 Å². The Bertz CT molecular complexity index is 282. The van der Waals surface area contributed by atoms with Crippen LogP contribution in [0.15, 0.2) is 17.5 Å². The van der Waals surface area contributed by atoms with Crippen LogP contribution in [0.2, 0.25) is 0 Å². The van der Waals surface area contributed by atoms with E-state index in [9.17, 15) is 4.79 Å². The van der Waals surface area contributed by atoms with Gasteiger partial charge in [-0.15, -0.1) is 11.3 Å². The van der Waals surface area contributed by atoms with Crippen molar-refractivity contribution >= 4 is 22.2 Å². The van der Waals surface area contributed by atoms with Crippen LogP contribution < -0.4 is 10.6 Å². The van der Waals surface area contributed by atoms with Crippen molar-refractivity contribution < 1.29 is 4.79 Å². The molecular formula is C10H16N2OS. The SMILES string of the molecule is CNC(C(=O)Nc1cccs1)C(C)C. The van der Waals surface area contributed by atoms with Gasteiger partial charge in [0.25, 0.3) is 0 Å². The van der Waals surface area contributed by atoms with Crippen molar-refractivity contribution in [2.75, 3.05) is 12.4 Å². The van der Waals surface area contributed by atoms with Gasteiger partial charge < -0.3 is 10.6 Å². The Morgan fingerprint density at radius 1 is 1.50 bits per heavy atom. The molecule has 3 nitrogen and oxygen atoms in total. The van der Waals surface area contributed by atoms with Crippen LogP contribution in [0.3, 0.4) is 0 Å². The second kappa shape index (κ2) is 5.12. The van der Waals surface area contributed by atoms with E-state index in [0.29, 0.717) is 5.92 Å². The molecule has 0 aromatic carbocycles. The van der Waals surface area contributed by atoms with Gasteiger partial charge in [-0.2, -0.15) is 0 Å². The van der Waals surface area contributed by atoms with Crippen molar-refractivity contribution in [3.05, 3.63) is 17.5 Å². The van der Waals surface area contributed by atoms with Crippen molar-refractivity contribution in [3.63, 3.8) is 0 Å². The number of likely N-dealkylation sites (N-methyl/N-ethyl adjacent to an activating group) is 1. The first-order valence-corrected chi connectivity index (χ1v) is 5.54. The molecule has 1 amide bonds. The maximum absolute atomic E-state index is 11.7. The largest absolute Gasteiger partial charge is 0.316 e. The first-order chi connectivity index (χ1) is 6.65. The molecule has 0 radical (unpaired) electrons. The maximum Gasteiger partial charge on any atom is 0.242 e. The van der Waals surface area contributed by atoms with Gasteiger partial charge in [0.05, 0.1) is 11.0 Å². The van der Waals surface area contributed by atoms with Crippen LogP contribution in [0.25, 0.3) is 0 Å². The maximum atomic E-state index is 11.7. The third-order valence-electron chi connectivity index (χ3n) is 2.03. The molecule has 0 saturated heterocycles. The van der Waals surface area contributed by atoms with Crippen molar-refractivity contribution in [2.24, 2.45) is 5.92 Å². The third kappa shape index (κ3) is 2.82. The first kappa shape index (κ1) is 11.2. The monoisotopic (exact) mass is 212 g/mol. The molecule has 1 atom stereocenters. The van der Waals surface area contributed by atoms with E-state index in [1.807, 2.05) is 31.4 Å². The normalized spacial score (nSPS) is 12.9. The predicted molar refractivity (Wildman–Crippen MR) is 60.6 cm³/mol. The fraction of sp³-hybridized carbons (Fsp3) is 0.500. The molecule has 0 spiro atoms. The zero-order valence-electron chi connectivity index (χ0n) is 8.70. The molecule has 1 heterocycles. The molecule has 0 saturated carbocycles. The van der Waals surface area contributed by atoms with Crippen LogP contribution in [0, 0.1) is 5.92 Å². The minimum atomic E-state index is -0.128. The Morgan fingerprint density at radius 2 is 2.21 bits per heavy atom. The van der Waals surface area contributed by atoms with Crippen molar-refractivity contribution in [3.8, 4) is 0 Å². The number of carbonyl (C=O) groups is 1. The van der Waals surface area contributed by atoms with Crippen molar-refractivity contribution in [2.45, 2.75) is 19.9 Å². The fourth-order valence-corrected chi connectivity index (χ4v) is 1.94. The predicted octanol–water partition coefficient (Wildman–Crippen LogP) is 1.93. The second-order valence-corrected chi connectivity index (χ2v) is 4.42. The molecule has 1 unspecified atom stereocenters.